The summed E-state index contributed by atoms with van der Waals surface area (Å²) in [7, 11) is -1.51. The quantitative estimate of drug-likeness (QED) is 0.860. The van der Waals surface area contributed by atoms with E-state index in [1.54, 1.807) is 17.9 Å². The molecule has 1 aliphatic rings. The minimum absolute atomic E-state index is 0.0884. The molecule has 1 heterocycles. The normalized spacial score (nSPS) is 19.2. The number of hydrogen-bond donors (Lipinski definition) is 0. The molecule has 20 heavy (non-hydrogen) atoms. The van der Waals surface area contributed by atoms with Gasteiger partial charge in [0.1, 0.15) is 11.1 Å². The first-order valence-electron chi connectivity index (χ1n) is 7.04. The highest BCUT2D eigenvalue weighted by Gasteiger charge is 2.26. The predicted octanol–water partition coefficient (Wildman–Crippen LogP) is 2.72. The SMILES string of the molecule is CC(C(=O)N1CCCCCC1)S(=O)c1cccc(F)c1. The average Bonchev–Trinajstić information content (AvgIpc) is 2.74. The standard InChI is InChI=1S/C15H20FNO2S/c1-12(15(18)17-9-4-2-3-5-10-17)20(19)14-8-6-7-13(16)11-14/h6-8,11-12H,2-5,9-10H2,1H3. The number of halogens is 1. The molecule has 0 aliphatic carbocycles. The van der Waals surface area contributed by atoms with Crippen LogP contribution in [0.4, 0.5) is 4.39 Å². The number of nitrogens with zero attached hydrogens (tertiary/aromatic N) is 1. The van der Waals surface area contributed by atoms with Gasteiger partial charge in [0, 0.05) is 18.0 Å². The van der Waals surface area contributed by atoms with Crippen LogP contribution in [0.15, 0.2) is 29.2 Å². The maximum absolute atomic E-state index is 13.2. The van der Waals surface area contributed by atoms with Gasteiger partial charge in [-0.05, 0) is 38.0 Å². The molecule has 0 aromatic heterocycles. The third-order valence-electron chi connectivity index (χ3n) is 3.62. The van der Waals surface area contributed by atoms with E-state index >= 15 is 0 Å². The minimum atomic E-state index is -1.51. The molecule has 0 bridgehead atoms. The van der Waals surface area contributed by atoms with Crippen molar-refractivity contribution in [2.75, 3.05) is 13.1 Å². The van der Waals surface area contributed by atoms with E-state index in [2.05, 4.69) is 0 Å². The van der Waals surface area contributed by atoms with Crippen molar-refractivity contribution in [1.29, 1.82) is 0 Å². The van der Waals surface area contributed by atoms with E-state index < -0.39 is 21.9 Å². The molecule has 0 saturated carbocycles. The van der Waals surface area contributed by atoms with Gasteiger partial charge in [0.05, 0.1) is 10.8 Å². The van der Waals surface area contributed by atoms with E-state index in [1.807, 2.05) is 0 Å². The van der Waals surface area contributed by atoms with Gasteiger partial charge in [-0.1, -0.05) is 18.9 Å². The first-order valence-corrected chi connectivity index (χ1v) is 8.26. The van der Waals surface area contributed by atoms with E-state index in [0.717, 1.165) is 38.8 Å². The first kappa shape index (κ1) is 15.2. The van der Waals surface area contributed by atoms with Crippen molar-refractivity contribution in [2.45, 2.75) is 42.8 Å². The zero-order valence-electron chi connectivity index (χ0n) is 11.7. The Morgan fingerprint density at radius 2 is 1.90 bits per heavy atom. The number of amides is 1. The maximum atomic E-state index is 13.2. The zero-order valence-corrected chi connectivity index (χ0v) is 12.5. The van der Waals surface area contributed by atoms with Crippen LogP contribution in [0.2, 0.25) is 0 Å². The lowest BCUT2D eigenvalue weighted by Crippen LogP contribution is -2.40. The van der Waals surface area contributed by atoms with Crippen LogP contribution in [-0.2, 0) is 15.6 Å². The molecular weight excluding hydrogens is 277 g/mol. The van der Waals surface area contributed by atoms with Crippen molar-refractivity contribution in [2.24, 2.45) is 0 Å². The summed E-state index contributed by atoms with van der Waals surface area (Å²) in [5, 5.41) is -0.630. The Balaban J connectivity index is 2.07. The number of carbonyl (C=O) groups is 1. The molecular formula is C15H20FNO2S. The highest BCUT2D eigenvalue weighted by Crippen LogP contribution is 2.17. The lowest BCUT2D eigenvalue weighted by atomic mass is 10.2. The summed E-state index contributed by atoms with van der Waals surface area (Å²) in [5.41, 5.74) is 0. The van der Waals surface area contributed by atoms with Crippen LogP contribution in [0.1, 0.15) is 32.6 Å². The molecule has 110 valence electrons. The van der Waals surface area contributed by atoms with Crippen LogP contribution in [0.25, 0.3) is 0 Å². The number of carbonyl (C=O) groups excluding carboxylic acids is 1. The molecule has 0 spiro atoms. The molecule has 2 atom stereocenters. The average molecular weight is 297 g/mol. The highest BCUT2D eigenvalue weighted by molar-refractivity contribution is 7.86. The Kier molecular flexibility index (Phi) is 5.29. The van der Waals surface area contributed by atoms with Crippen molar-refractivity contribution in [3.63, 3.8) is 0 Å². The van der Waals surface area contributed by atoms with Gasteiger partial charge < -0.3 is 4.90 Å². The molecule has 0 radical (unpaired) electrons. The minimum Gasteiger partial charge on any atom is -0.342 e. The van der Waals surface area contributed by atoms with Gasteiger partial charge >= 0.3 is 0 Å². The van der Waals surface area contributed by atoms with E-state index in [9.17, 15) is 13.4 Å². The summed E-state index contributed by atoms with van der Waals surface area (Å²) in [4.78, 5) is 14.6. The van der Waals surface area contributed by atoms with E-state index in [1.165, 1.54) is 18.2 Å². The van der Waals surface area contributed by atoms with Crippen LogP contribution in [0.5, 0.6) is 0 Å². The molecule has 2 unspecified atom stereocenters. The summed E-state index contributed by atoms with van der Waals surface area (Å²) in [6, 6.07) is 5.67. The number of hydrogen-bond acceptors (Lipinski definition) is 2. The van der Waals surface area contributed by atoms with Crippen LogP contribution in [0.3, 0.4) is 0 Å². The Bertz CT molecular complexity index is 498. The second-order valence-electron chi connectivity index (χ2n) is 5.14. The van der Waals surface area contributed by atoms with Crippen LogP contribution in [0, 0.1) is 5.82 Å². The van der Waals surface area contributed by atoms with Crippen LogP contribution in [-0.4, -0.2) is 33.4 Å². The van der Waals surface area contributed by atoms with Gasteiger partial charge in [0.25, 0.3) is 0 Å². The Hall–Kier alpha value is -1.23. The van der Waals surface area contributed by atoms with Crippen molar-refractivity contribution < 1.29 is 13.4 Å². The van der Waals surface area contributed by atoms with E-state index in [4.69, 9.17) is 0 Å². The van der Waals surface area contributed by atoms with Gasteiger partial charge in [-0.2, -0.15) is 0 Å². The third-order valence-corrected chi connectivity index (χ3v) is 5.18. The van der Waals surface area contributed by atoms with Gasteiger partial charge in [-0.3, -0.25) is 9.00 Å². The fraction of sp³-hybridized carbons (Fsp3) is 0.533. The van der Waals surface area contributed by atoms with Gasteiger partial charge in [-0.15, -0.1) is 0 Å². The summed E-state index contributed by atoms with van der Waals surface area (Å²) in [6.07, 6.45) is 4.30. The van der Waals surface area contributed by atoms with Crippen molar-refractivity contribution in [3.8, 4) is 0 Å². The lowest BCUT2D eigenvalue weighted by Gasteiger charge is -2.23. The van der Waals surface area contributed by atoms with Crippen molar-refractivity contribution >= 4 is 16.7 Å². The molecule has 1 fully saturated rings. The highest BCUT2D eigenvalue weighted by atomic mass is 32.2. The molecule has 5 heteroatoms. The fourth-order valence-electron chi connectivity index (χ4n) is 2.44. The predicted molar refractivity (Wildman–Crippen MR) is 77.3 cm³/mol. The summed E-state index contributed by atoms with van der Waals surface area (Å²) in [6.45, 7) is 3.14. The van der Waals surface area contributed by atoms with Gasteiger partial charge in [-0.25, -0.2) is 4.39 Å². The third kappa shape index (κ3) is 3.66. The zero-order chi connectivity index (χ0) is 14.5. The molecule has 1 aliphatic heterocycles. The topological polar surface area (TPSA) is 37.4 Å². The molecule has 3 nitrogen and oxygen atoms in total. The summed E-state index contributed by atoms with van der Waals surface area (Å²) >= 11 is 0. The maximum Gasteiger partial charge on any atom is 0.238 e. The Morgan fingerprint density at radius 1 is 1.25 bits per heavy atom. The smallest absolute Gasteiger partial charge is 0.238 e. The van der Waals surface area contributed by atoms with E-state index in [0.29, 0.717) is 4.90 Å². The van der Waals surface area contributed by atoms with Crippen LogP contribution < -0.4 is 0 Å². The summed E-state index contributed by atoms with van der Waals surface area (Å²) in [5.74, 6) is -0.514. The molecule has 1 amide bonds. The second kappa shape index (κ2) is 6.97. The molecule has 1 aromatic carbocycles. The molecule has 0 N–H and O–H groups in total. The number of benzene rings is 1. The van der Waals surface area contributed by atoms with E-state index in [-0.39, 0.29) is 5.91 Å². The molecule has 2 rings (SSSR count). The fourth-order valence-corrected chi connectivity index (χ4v) is 3.62. The molecule has 1 aromatic rings. The lowest BCUT2D eigenvalue weighted by molar-refractivity contribution is -0.130. The van der Waals surface area contributed by atoms with Gasteiger partial charge in [0.2, 0.25) is 5.91 Å². The number of likely N-dealkylation sites (tertiary alicyclic amines) is 1. The van der Waals surface area contributed by atoms with Crippen molar-refractivity contribution in [3.05, 3.63) is 30.1 Å². The van der Waals surface area contributed by atoms with Crippen molar-refractivity contribution in [1.82, 2.24) is 4.90 Å². The summed E-state index contributed by atoms with van der Waals surface area (Å²) < 4.78 is 25.5. The monoisotopic (exact) mass is 297 g/mol. The Labute approximate surface area is 121 Å². The second-order valence-corrected chi connectivity index (χ2v) is 6.91. The number of rotatable bonds is 3. The molecule has 1 saturated heterocycles. The van der Waals surface area contributed by atoms with Crippen LogP contribution >= 0.6 is 0 Å². The Morgan fingerprint density at radius 3 is 2.50 bits per heavy atom. The van der Waals surface area contributed by atoms with Gasteiger partial charge in [0.15, 0.2) is 0 Å². The first-order chi connectivity index (χ1) is 9.59. The largest absolute Gasteiger partial charge is 0.342 e.